The van der Waals surface area contributed by atoms with Gasteiger partial charge < -0.3 is 18.6 Å². The minimum Gasteiger partial charge on any atom is -0.459 e. The molecule has 1 fully saturated rings. The summed E-state index contributed by atoms with van der Waals surface area (Å²) in [5, 5.41) is -0.213. The van der Waals surface area contributed by atoms with Crippen LogP contribution in [0.1, 0.15) is 10.4 Å². The van der Waals surface area contributed by atoms with E-state index in [1.54, 1.807) is 46.2 Å². The number of anilines is 1. The lowest BCUT2D eigenvalue weighted by Gasteiger charge is -2.34. The molecule has 0 bridgehead atoms. The van der Waals surface area contributed by atoms with Crippen molar-refractivity contribution in [2.45, 2.75) is 9.92 Å². The number of benzene rings is 2. The van der Waals surface area contributed by atoms with Gasteiger partial charge in [0.1, 0.15) is 5.82 Å². The highest BCUT2D eigenvalue weighted by atomic mass is 32.2. The van der Waals surface area contributed by atoms with E-state index in [4.69, 9.17) is 8.83 Å². The summed E-state index contributed by atoms with van der Waals surface area (Å²) in [7, 11) is -3.98. The lowest BCUT2D eigenvalue weighted by Crippen LogP contribution is -2.49. The molecule has 2 aromatic heterocycles. The van der Waals surface area contributed by atoms with Gasteiger partial charge in [-0.2, -0.15) is 4.98 Å². The number of hydrogen-bond acceptors (Lipinski definition) is 7. The van der Waals surface area contributed by atoms with Crippen molar-refractivity contribution < 1.29 is 26.4 Å². The Morgan fingerprint density at radius 2 is 1.71 bits per heavy atom. The predicted molar refractivity (Wildman–Crippen MR) is 121 cm³/mol. The number of oxazole rings is 1. The number of furan rings is 1. The molecule has 3 heterocycles. The maximum Gasteiger partial charge on any atom is 0.266 e. The van der Waals surface area contributed by atoms with Gasteiger partial charge >= 0.3 is 0 Å². The van der Waals surface area contributed by atoms with Crippen molar-refractivity contribution in [1.82, 2.24) is 9.88 Å². The molecule has 1 aliphatic heterocycles. The lowest BCUT2D eigenvalue weighted by molar-refractivity contribution is 0.0744. The largest absolute Gasteiger partial charge is 0.459 e. The second kappa shape index (κ2) is 8.79. The van der Waals surface area contributed by atoms with E-state index in [2.05, 4.69) is 4.98 Å². The standard InChI is InChI=1S/C24H20FN3O5S/c25-18-7-4-6-17(16-18)23(29)27-11-13-28(14-12-27)24-22(26-21(33-24)20-10-5-15-32-20)34(30,31)19-8-2-1-3-9-19/h1-10,15-16H,11-14H2. The van der Waals surface area contributed by atoms with Crippen LogP contribution >= 0.6 is 0 Å². The highest BCUT2D eigenvalue weighted by Crippen LogP contribution is 2.35. The molecule has 34 heavy (non-hydrogen) atoms. The van der Waals surface area contributed by atoms with Gasteiger partial charge in [-0.15, -0.1) is 0 Å². The highest BCUT2D eigenvalue weighted by molar-refractivity contribution is 7.91. The van der Waals surface area contributed by atoms with Crippen molar-refractivity contribution in [2.24, 2.45) is 0 Å². The van der Waals surface area contributed by atoms with Gasteiger partial charge in [0.25, 0.3) is 11.8 Å². The van der Waals surface area contributed by atoms with Gasteiger partial charge in [0.15, 0.2) is 5.76 Å². The maximum absolute atomic E-state index is 13.5. The number of carbonyl (C=O) groups excluding carboxylic acids is 1. The molecule has 0 radical (unpaired) electrons. The number of hydrogen-bond donors (Lipinski definition) is 0. The summed E-state index contributed by atoms with van der Waals surface area (Å²) in [4.78, 5) is 20.5. The molecule has 8 nitrogen and oxygen atoms in total. The van der Waals surface area contributed by atoms with Crippen molar-refractivity contribution in [3.05, 3.63) is 84.4 Å². The molecule has 5 rings (SSSR count). The van der Waals surface area contributed by atoms with Gasteiger partial charge in [-0.1, -0.05) is 24.3 Å². The molecule has 4 aromatic rings. The average molecular weight is 482 g/mol. The summed E-state index contributed by atoms with van der Waals surface area (Å²) in [5.41, 5.74) is 0.264. The minimum absolute atomic E-state index is 0.0489. The van der Waals surface area contributed by atoms with E-state index >= 15 is 0 Å². The van der Waals surface area contributed by atoms with Crippen LogP contribution in [0.25, 0.3) is 11.7 Å². The van der Waals surface area contributed by atoms with E-state index in [1.165, 1.54) is 36.6 Å². The fourth-order valence-corrected chi connectivity index (χ4v) is 5.15. The first-order valence-corrected chi connectivity index (χ1v) is 12.1. The first-order valence-electron chi connectivity index (χ1n) is 10.6. The van der Waals surface area contributed by atoms with Crippen molar-refractivity contribution in [3.63, 3.8) is 0 Å². The van der Waals surface area contributed by atoms with E-state index in [9.17, 15) is 17.6 Å². The monoisotopic (exact) mass is 481 g/mol. The molecule has 10 heteroatoms. The molecule has 0 spiro atoms. The third-order valence-corrected chi connectivity index (χ3v) is 7.21. The van der Waals surface area contributed by atoms with Crippen LogP contribution in [0.3, 0.4) is 0 Å². The number of halogens is 1. The van der Waals surface area contributed by atoms with Crippen LogP contribution in [0.4, 0.5) is 10.3 Å². The SMILES string of the molecule is O=C(c1cccc(F)c1)N1CCN(c2oc(-c3ccco3)nc2S(=O)(=O)c2ccccc2)CC1. The van der Waals surface area contributed by atoms with Crippen molar-refractivity contribution >= 4 is 21.6 Å². The Kier molecular flexibility index (Phi) is 5.66. The maximum atomic E-state index is 13.5. The Morgan fingerprint density at radius 1 is 0.941 bits per heavy atom. The molecule has 0 unspecified atom stereocenters. The van der Waals surface area contributed by atoms with Crippen LogP contribution < -0.4 is 4.90 Å². The van der Waals surface area contributed by atoms with Gasteiger partial charge in [-0.3, -0.25) is 4.79 Å². The number of nitrogens with zero attached hydrogens (tertiary/aromatic N) is 3. The third kappa shape index (κ3) is 4.08. The Hall–Kier alpha value is -3.92. The van der Waals surface area contributed by atoms with Crippen LogP contribution in [-0.2, 0) is 9.84 Å². The Labute approximate surface area is 195 Å². The van der Waals surface area contributed by atoms with Crippen LogP contribution in [0.15, 0.2) is 91.7 Å². The highest BCUT2D eigenvalue weighted by Gasteiger charge is 2.34. The Balaban J connectivity index is 1.44. The molecule has 1 saturated heterocycles. The Bertz CT molecular complexity index is 1410. The van der Waals surface area contributed by atoms with E-state index in [0.29, 0.717) is 31.9 Å². The lowest BCUT2D eigenvalue weighted by atomic mass is 10.2. The van der Waals surface area contributed by atoms with Gasteiger partial charge in [-0.25, -0.2) is 12.8 Å². The zero-order chi connectivity index (χ0) is 23.7. The predicted octanol–water partition coefficient (Wildman–Crippen LogP) is 3.87. The summed E-state index contributed by atoms with van der Waals surface area (Å²) in [6.07, 6.45) is 1.45. The molecule has 0 aliphatic carbocycles. The Morgan fingerprint density at radius 3 is 2.38 bits per heavy atom. The van der Waals surface area contributed by atoms with E-state index in [0.717, 1.165) is 0 Å². The third-order valence-electron chi connectivity index (χ3n) is 5.55. The topological polar surface area (TPSA) is 96.9 Å². The molecule has 2 aromatic carbocycles. The smallest absolute Gasteiger partial charge is 0.266 e. The van der Waals surface area contributed by atoms with Gasteiger partial charge in [0, 0.05) is 31.7 Å². The summed E-state index contributed by atoms with van der Waals surface area (Å²) in [6, 6.07) is 16.8. The second-order valence-corrected chi connectivity index (χ2v) is 9.58. The van der Waals surface area contributed by atoms with Crippen molar-refractivity contribution in [3.8, 4) is 11.7 Å². The van der Waals surface area contributed by atoms with E-state index in [1.807, 2.05) is 0 Å². The normalized spacial score (nSPS) is 14.4. The number of rotatable bonds is 5. The van der Waals surface area contributed by atoms with Crippen LogP contribution in [0.5, 0.6) is 0 Å². The van der Waals surface area contributed by atoms with Crippen LogP contribution in [-0.4, -0.2) is 50.4 Å². The molecule has 174 valence electrons. The number of carbonyl (C=O) groups is 1. The van der Waals surface area contributed by atoms with E-state index in [-0.39, 0.29) is 33.2 Å². The second-order valence-electron chi connectivity index (χ2n) is 7.71. The molecule has 0 N–H and O–H groups in total. The molecular formula is C24H20FN3O5S. The number of sulfone groups is 1. The van der Waals surface area contributed by atoms with E-state index < -0.39 is 15.7 Å². The van der Waals surface area contributed by atoms with Crippen molar-refractivity contribution in [2.75, 3.05) is 31.1 Å². The van der Waals surface area contributed by atoms with Crippen molar-refractivity contribution in [1.29, 1.82) is 0 Å². The molecular weight excluding hydrogens is 461 g/mol. The molecule has 0 saturated carbocycles. The molecule has 1 amide bonds. The summed E-state index contributed by atoms with van der Waals surface area (Å²) < 4.78 is 51.5. The summed E-state index contributed by atoms with van der Waals surface area (Å²) in [5.74, 6) is -0.325. The summed E-state index contributed by atoms with van der Waals surface area (Å²) >= 11 is 0. The zero-order valence-electron chi connectivity index (χ0n) is 17.9. The quantitative estimate of drug-likeness (QED) is 0.427. The first-order chi connectivity index (χ1) is 16.4. The molecule has 1 aliphatic rings. The van der Waals surface area contributed by atoms with Gasteiger partial charge in [0.2, 0.25) is 20.7 Å². The van der Waals surface area contributed by atoms with Gasteiger partial charge in [-0.05, 0) is 42.5 Å². The minimum atomic E-state index is -3.98. The number of piperazine rings is 1. The average Bonchev–Trinajstić information content (AvgIpc) is 3.55. The van der Waals surface area contributed by atoms with Crippen LogP contribution in [0, 0.1) is 5.82 Å². The number of aromatic nitrogens is 1. The van der Waals surface area contributed by atoms with Crippen LogP contribution in [0.2, 0.25) is 0 Å². The van der Waals surface area contributed by atoms with Gasteiger partial charge in [0.05, 0.1) is 11.2 Å². The fourth-order valence-electron chi connectivity index (χ4n) is 3.81. The first kappa shape index (κ1) is 21.9. The fraction of sp³-hybridized carbons (Fsp3) is 0.167. The summed E-state index contributed by atoms with van der Waals surface area (Å²) in [6.45, 7) is 1.23. The number of amides is 1. The zero-order valence-corrected chi connectivity index (χ0v) is 18.7. The molecule has 0 atom stereocenters.